The third kappa shape index (κ3) is 6.49. The highest BCUT2D eigenvalue weighted by molar-refractivity contribution is 14.1. The number of thiazole rings is 1. The van der Waals surface area contributed by atoms with E-state index in [0.29, 0.717) is 58.3 Å². The number of carbonyl (C=O) groups is 2. The number of methoxy groups -OCH3 is 1. The van der Waals surface area contributed by atoms with Crippen LogP contribution in [0.1, 0.15) is 36.6 Å². The lowest BCUT2D eigenvalue weighted by Gasteiger charge is -2.26. The third-order valence-electron chi connectivity index (χ3n) is 7.28. The Balaban J connectivity index is 1.53. The molecule has 0 radical (unpaired) electrons. The fourth-order valence-corrected chi connectivity index (χ4v) is 7.07. The molecule has 1 aromatic heterocycles. The molecule has 0 bridgehead atoms. The minimum Gasteiger partial charge on any atom is -0.493 e. The number of halogens is 1. The first kappa shape index (κ1) is 32.3. The summed E-state index contributed by atoms with van der Waals surface area (Å²) in [6.07, 6.45) is 1.73. The van der Waals surface area contributed by atoms with Crippen LogP contribution < -0.4 is 33.8 Å². The third-order valence-corrected chi connectivity index (χ3v) is 9.06. The summed E-state index contributed by atoms with van der Waals surface area (Å²) in [5.41, 5.74) is 2.30. The SMILES string of the molecule is CCOC(=O)COc1c(I)cc(/C=c2\sc3n(c2=O)[C@@H](c2ccc4c(c2)OCO4)C(C(=O)OCC)=C(c2ccccc2)N=3)cc1OC. The molecule has 0 aliphatic carbocycles. The average Bonchev–Trinajstić information content (AvgIpc) is 3.67. The molecule has 6 rings (SSSR count). The van der Waals surface area contributed by atoms with E-state index in [-0.39, 0.29) is 37.7 Å². The Kier molecular flexibility index (Phi) is 9.63. The zero-order valence-electron chi connectivity index (χ0n) is 25.6. The summed E-state index contributed by atoms with van der Waals surface area (Å²) in [6, 6.07) is 17.3. The van der Waals surface area contributed by atoms with Crippen molar-refractivity contribution in [1.82, 2.24) is 4.57 Å². The van der Waals surface area contributed by atoms with E-state index in [1.165, 1.54) is 23.0 Å². The van der Waals surface area contributed by atoms with Crippen molar-refractivity contribution in [3.05, 3.63) is 106 Å². The van der Waals surface area contributed by atoms with Gasteiger partial charge in [0, 0.05) is 5.56 Å². The molecule has 1 atom stereocenters. The Morgan fingerprint density at radius 2 is 1.81 bits per heavy atom. The number of fused-ring (bicyclic) bond motifs is 2. The summed E-state index contributed by atoms with van der Waals surface area (Å²) in [5.74, 6) is 0.778. The molecule has 3 aromatic carbocycles. The van der Waals surface area contributed by atoms with Crippen molar-refractivity contribution in [3.63, 3.8) is 0 Å². The molecule has 0 saturated heterocycles. The van der Waals surface area contributed by atoms with Crippen LogP contribution in [0.25, 0.3) is 11.8 Å². The summed E-state index contributed by atoms with van der Waals surface area (Å²) in [7, 11) is 1.49. The van der Waals surface area contributed by atoms with Gasteiger partial charge in [0.05, 0.1) is 45.7 Å². The van der Waals surface area contributed by atoms with Crippen LogP contribution in [0.2, 0.25) is 0 Å². The molecule has 0 unspecified atom stereocenters. The first-order chi connectivity index (χ1) is 22.8. The minimum absolute atomic E-state index is 0.0757. The van der Waals surface area contributed by atoms with Gasteiger partial charge in [0.15, 0.2) is 34.4 Å². The highest BCUT2D eigenvalue weighted by Gasteiger charge is 2.36. The van der Waals surface area contributed by atoms with E-state index < -0.39 is 18.0 Å². The number of hydrogen-bond acceptors (Lipinski definition) is 11. The van der Waals surface area contributed by atoms with Crippen LogP contribution in [0.3, 0.4) is 0 Å². The van der Waals surface area contributed by atoms with Gasteiger partial charge in [-0.1, -0.05) is 47.7 Å². The Labute approximate surface area is 286 Å². The highest BCUT2D eigenvalue weighted by atomic mass is 127. The van der Waals surface area contributed by atoms with Gasteiger partial charge in [0.2, 0.25) is 6.79 Å². The normalized spacial score (nSPS) is 15.1. The minimum atomic E-state index is -0.870. The standard InChI is InChI=1S/C34H29IN2O9S/c1-4-42-27(38)17-44-31-22(35)13-19(14-25(31)41-3)15-26-32(39)37-30(21-11-12-23-24(16-21)46-18-45-23)28(33(40)43-5-2)29(36-34(37)47-26)20-9-7-6-8-10-20/h6-16,30H,4-5,17-18H2,1-3H3/b26-15-/t30-/m0/s1. The Bertz CT molecular complexity index is 2070. The van der Waals surface area contributed by atoms with Crippen LogP contribution in [0.5, 0.6) is 23.0 Å². The largest absolute Gasteiger partial charge is 0.493 e. The molecular formula is C34H29IN2O9S. The molecule has 0 fully saturated rings. The van der Waals surface area contributed by atoms with Crippen molar-refractivity contribution in [2.45, 2.75) is 19.9 Å². The van der Waals surface area contributed by atoms with Crippen molar-refractivity contribution in [2.75, 3.05) is 33.7 Å². The molecule has 3 heterocycles. The molecule has 13 heteroatoms. The van der Waals surface area contributed by atoms with Crippen LogP contribution in [-0.2, 0) is 19.1 Å². The Hall–Kier alpha value is -4.63. The van der Waals surface area contributed by atoms with Crippen molar-refractivity contribution in [3.8, 4) is 23.0 Å². The van der Waals surface area contributed by atoms with Crippen LogP contribution in [0, 0.1) is 3.57 Å². The maximum absolute atomic E-state index is 14.3. The van der Waals surface area contributed by atoms with E-state index in [1.54, 1.807) is 38.1 Å². The van der Waals surface area contributed by atoms with Gasteiger partial charge in [-0.15, -0.1) is 0 Å². The molecule has 0 amide bonds. The fourth-order valence-electron chi connectivity index (χ4n) is 5.29. The van der Waals surface area contributed by atoms with Crippen LogP contribution >= 0.6 is 33.9 Å². The number of hydrogen-bond donors (Lipinski definition) is 0. The lowest BCUT2D eigenvalue weighted by molar-refractivity contribution is -0.145. The molecule has 47 heavy (non-hydrogen) atoms. The number of nitrogens with zero attached hydrogens (tertiary/aromatic N) is 2. The van der Waals surface area contributed by atoms with Crippen LogP contribution in [-0.4, -0.2) is 50.2 Å². The van der Waals surface area contributed by atoms with Gasteiger partial charge in [-0.05, 0) is 77.9 Å². The summed E-state index contributed by atoms with van der Waals surface area (Å²) < 4.78 is 35.5. The molecule has 2 aliphatic heterocycles. The van der Waals surface area contributed by atoms with Gasteiger partial charge in [-0.25, -0.2) is 14.6 Å². The zero-order valence-corrected chi connectivity index (χ0v) is 28.6. The topological polar surface area (TPSA) is 124 Å². The second-order valence-electron chi connectivity index (χ2n) is 10.2. The maximum Gasteiger partial charge on any atom is 0.344 e. The Morgan fingerprint density at radius 1 is 1.04 bits per heavy atom. The van der Waals surface area contributed by atoms with Crippen LogP contribution in [0.4, 0.5) is 0 Å². The van der Waals surface area contributed by atoms with Crippen molar-refractivity contribution < 1.29 is 38.0 Å². The number of carbonyl (C=O) groups excluding carboxylic acids is 2. The maximum atomic E-state index is 14.3. The van der Waals surface area contributed by atoms with Gasteiger partial charge in [0.1, 0.15) is 0 Å². The number of benzene rings is 3. The summed E-state index contributed by atoms with van der Waals surface area (Å²) >= 11 is 3.29. The van der Waals surface area contributed by atoms with Gasteiger partial charge in [0.25, 0.3) is 5.56 Å². The molecule has 4 aromatic rings. The Morgan fingerprint density at radius 3 is 2.55 bits per heavy atom. The molecule has 0 spiro atoms. The summed E-state index contributed by atoms with van der Waals surface area (Å²) in [5, 5.41) is 0. The molecule has 2 aliphatic rings. The first-order valence-corrected chi connectivity index (χ1v) is 16.6. The van der Waals surface area contributed by atoms with Crippen molar-refractivity contribution in [1.29, 1.82) is 0 Å². The second-order valence-corrected chi connectivity index (χ2v) is 12.3. The lowest BCUT2D eigenvalue weighted by Crippen LogP contribution is -2.40. The summed E-state index contributed by atoms with van der Waals surface area (Å²) in [6.45, 7) is 3.64. The lowest BCUT2D eigenvalue weighted by atomic mass is 9.93. The van der Waals surface area contributed by atoms with E-state index >= 15 is 0 Å². The number of aromatic nitrogens is 1. The van der Waals surface area contributed by atoms with E-state index in [2.05, 4.69) is 22.6 Å². The van der Waals surface area contributed by atoms with Crippen molar-refractivity contribution >= 4 is 57.6 Å². The zero-order chi connectivity index (χ0) is 33.1. The quantitative estimate of drug-likeness (QED) is 0.173. The van der Waals surface area contributed by atoms with Gasteiger partial charge in [-0.2, -0.15) is 0 Å². The van der Waals surface area contributed by atoms with Gasteiger partial charge < -0.3 is 28.4 Å². The van der Waals surface area contributed by atoms with E-state index in [4.69, 9.17) is 33.4 Å². The van der Waals surface area contributed by atoms with Crippen LogP contribution in [0.15, 0.2) is 76.0 Å². The first-order valence-electron chi connectivity index (χ1n) is 14.7. The van der Waals surface area contributed by atoms with Gasteiger partial charge in [-0.3, -0.25) is 9.36 Å². The molecular weight excluding hydrogens is 739 g/mol. The monoisotopic (exact) mass is 768 g/mol. The van der Waals surface area contributed by atoms with E-state index in [9.17, 15) is 14.4 Å². The predicted molar refractivity (Wildman–Crippen MR) is 181 cm³/mol. The molecule has 11 nitrogen and oxygen atoms in total. The van der Waals surface area contributed by atoms with E-state index in [0.717, 1.165) is 0 Å². The van der Waals surface area contributed by atoms with E-state index in [1.807, 2.05) is 42.5 Å². The molecule has 0 N–H and O–H groups in total. The fraction of sp³-hybridized carbons (Fsp3) is 0.235. The number of rotatable bonds is 10. The molecule has 242 valence electrons. The number of esters is 2. The highest BCUT2D eigenvalue weighted by Crippen LogP contribution is 2.40. The average molecular weight is 769 g/mol. The predicted octanol–water partition coefficient (Wildman–Crippen LogP) is 4.22. The van der Waals surface area contributed by atoms with Gasteiger partial charge >= 0.3 is 11.9 Å². The smallest absolute Gasteiger partial charge is 0.344 e. The summed E-state index contributed by atoms with van der Waals surface area (Å²) in [4.78, 5) is 45.2. The molecule has 0 saturated carbocycles. The second kappa shape index (κ2) is 14.0. The van der Waals surface area contributed by atoms with Crippen molar-refractivity contribution in [2.24, 2.45) is 4.99 Å². The number of ether oxygens (including phenoxy) is 6.